The molecule has 1 rings (SSSR count). The normalized spacial score (nSPS) is 11.8. The maximum Gasteiger partial charge on any atom is 0.119 e. The summed E-state index contributed by atoms with van der Waals surface area (Å²) in [6.45, 7) is 5.08. The molecule has 0 fully saturated rings. The molecular weight excluding hydrogens is 267 g/mol. The number of halogens is 2. The van der Waals surface area contributed by atoms with Crippen LogP contribution >= 0.6 is 23.2 Å². The number of alkyl halides is 2. The fourth-order valence-corrected chi connectivity index (χ4v) is 3.07. The highest BCUT2D eigenvalue weighted by atomic mass is 35.5. The molecule has 0 aliphatic heterocycles. The first-order valence-electron chi connectivity index (χ1n) is 6.44. The quantitative estimate of drug-likeness (QED) is 0.485. The molecule has 1 nitrogen and oxygen atoms in total. The lowest BCUT2D eigenvalue weighted by Gasteiger charge is -2.33. The van der Waals surface area contributed by atoms with Crippen molar-refractivity contribution in [2.45, 2.75) is 26.7 Å². The van der Waals surface area contributed by atoms with Crippen molar-refractivity contribution >= 4 is 23.2 Å². The number of benzene rings is 1. The van der Waals surface area contributed by atoms with Crippen molar-refractivity contribution in [1.29, 1.82) is 0 Å². The van der Waals surface area contributed by atoms with Gasteiger partial charge in [0.1, 0.15) is 5.75 Å². The van der Waals surface area contributed by atoms with Gasteiger partial charge in [0.25, 0.3) is 0 Å². The van der Waals surface area contributed by atoms with Crippen molar-refractivity contribution in [3.8, 4) is 5.75 Å². The zero-order chi connectivity index (χ0) is 13.4. The first kappa shape index (κ1) is 15.7. The fraction of sp³-hybridized carbons (Fsp3) is 0.600. The Hall–Kier alpha value is -0.400. The fourth-order valence-electron chi connectivity index (χ4n) is 1.90. The minimum Gasteiger partial charge on any atom is -0.494 e. The summed E-state index contributed by atoms with van der Waals surface area (Å²) in [6.07, 6.45) is 1.98. The molecule has 0 saturated carbocycles. The molecule has 18 heavy (non-hydrogen) atoms. The second-order valence-corrected chi connectivity index (χ2v) is 5.58. The third kappa shape index (κ3) is 4.37. The molecule has 0 N–H and O–H groups in total. The van der Waals surface area contributed by atoms with Gasteiger partial charge in [-0.15, -0.1) is 23.2 Å². The van der Waals surface area contributed by atoms with E-state index in [-0.39, 0.29) is 5.41 Å². The van der Waals surface area contributed by atoms with Crippen LogP contribution in [0.25, 0.3) is 0 Å². The molecule has 0 saturated heterocycles. The van der Waals surface area contributed by atoms with Gasteiger partial charge in [0.05, 0.1) is 6.61 Å². The van der Waals surface area contributed by atoms with E-state index in [0.717, 1.165) is 18.6 Å². The Morgan fingerprint density at radius 1 is 1.11 bits per heavy atom. The van der Waals surface area contributed by atoms with Gasteiger partial charge in [0.2, 0.25) is 0 Å². The lowest BCUT2D eigenvalue weighted by atomic mass is 9.77. The average Bonchev–Trinajstić information content (AvgIpc) is 2.40. The molecule has 3 heteroatoms. The SMILES string of the molecule is CC(C)C(CCl)(CCl)CCCOc1ccccc1. The van der Waals surface area contributed by atoms with Crippen molar-refractivity contribution in [2.24, 2.45) is 11.3 Å². The molecule has 0 aliphatic rings. The summed E-state index contributed by atoms with van der Waals surface area (Å²) in [6, 6.07) is 9.88. The Balaban J connectivity index is 2.36. The number of rotatable bonds is 8. The molecule has 0 amide bonds. The minimum absolute atomic E-state index is 0.0309. The predicted molar refractivity (Wildman–Crippen MR) is 79.9 cm³/mol. The highest BCUT2D eigenvalue weighted by Gasteiger charge is 2.31. The van der Waals surface area contributed by atoms with Crippen molar-refractivity contribution < 1.29 is 4.74 Å². The van der Waals surface area contributed by atoms with E-state index < -0.39 is 0 Å². The van der Waals surface area contributed by atoms with E-state index in [1.54, 1.807) is 0 Å². The summed E-state index contributed by atoms with van der Waals surface area (Å²) in [4.78, 5) is 0. The first-order valence-corrected chi connectivity index (χ1v) is 7.51. The summed E-state index contributed by atoms with van der Waals surface area (Å²) in [5, 5.41) is 0. The second-order valence-electron chi connectivity index (χ2n) is 5.05. The third-order valence-corrected chi connectivity index (χ3v) is 4.65. The summed E-state index contributed by atoms with van der Waals surface area (Å²) in [7, 11) is 0. The van der Waals surface area contributed by atoms with E-state index in [1.807, 2.05) is 30.3 Å². The molecule has 0 unspecified atom stereocenters. The Bertz CT molecular complexity index is 321. The number of para-hydroxylation sites is 1. The monoisotopic (exact) mass is 288 g/mol. The molecule has 0 radical (unpaired) electrons. The maximum absolute atomic E-state index is 6.09. The van der Waals surface area contributed by atoms with E-state index in [1.165, 1.54) is 0 Å². The molecule has 1 aromatic carbocycles. The Kier molecular flexibility index (Phi) is 6.88. The van der Waals surface area contributed by atoms with Crippen LogP contribution in [0, 0.1) is 11.3 Å². The van der Waals surface area contributed by atoms with Crippen LogP contribution < -0.4 is 4.74 Å². The van der Waals surface area contributed by atoms with Gasteiger partial charge in [-0.25, -0.2) is 0 Å². The molecule has 0 heterocycles. The van der Waals surface area contributed by atoms with Crippen molar-refractivity contribution in [3.63, 3.8) is 0 Å². The van der Waals surface area contributed by atoms with Crippen LogP contribution in [0.4, 0.5) is 0 Å². The smallest absolute Gasteiger partial charge is 0.119 e. The molecule has 0 atom stereocenters. The summed E-state index contributed by atoms with van der Waals surface area (Å²) >= 11 is 12.2. The van der Waals surface area contributed by atoms with Gasteiger partial charge >= 0.3 is 0 Å². The topological polar surface area (TPSA) is 9.23 Å². The van der Waals surface area contributed by atoms with Crippen LogP contribution in [0.15, 0.2) is 30.3 Å². The highest BCUT2D eigenvalue weighted by molar-refractivity contribution is 6.21. The second kappa shape index (κ2) is 7.91. The Labute approximate surface area is 120 Å². The van der Waals surface area contributed by atoms with E-state index in [4.69, 9.17) is 27.9 Å². The van der Waals surface area contributed by atoms with Crippen LogP contribution in [-0.4, -0.2) is 18.4 Å². The standard InChI is InChI=1S/C15H22Cl2O/c1-13(2)15(11-16,12-17)9-6-10-18-14-7-4-3-5-8-14/h3-5,7-8,13H,6,9-12H2,1-2H3. The predicted octanol–water partition coefficient (Wildman–Crippen LogP) is 4.97. The summed E-state index contributed by atoms with van der Waals surface area (Å²) in [5.41, 5.74) is 0.0309. The van der Waals surface area contributed by atoms with Crippen LogP contribution in [0.2, 0.25) is 0 Å². The molecular formula is C15H22Cl2O. The van der Waals surface area contributed by atoms with Gasteiger partial charge in [0.15, 0.2) is 0 Å². The van der Waals surface area contributed by atoms with E-state index >= 15 is 0 Å². The maximum atomic E-state index is 6.09. The molecule has 0 aliphatic carbocycles. The Morgan fingerprint density at radius 3 is 2.22 bits per heavy atom. The molecule has 1 aromatic rings. The average molecular weight is 289 g/mol. The van der Waals surface area contributed by atoms with Crippen LogP contribution in [0.3, 0.4) is 0 Å². The Morgan fingerprint density at radius 2 is 1.72 bits per heavy atom. The van der Waals surface area contributed by atoms with Gasteiger partial charge in [-0.1, -0.05) is 32.0 Å². The van der Waals surface area contributed by atoms with E-state index in [0.29, 0.717) is 24.3 Å². The third-order valence-electron chi connectivity index (χ3n) is 3.59. The number of hydrogen-bond acceptors (Lipinski definition) is 1. The van der Waals surface area contributed by atoms with Gasteiger partial charge in [-0.05, 0) is 36.3 Å². The molecule has 0 aromatic heterocycles. The highest BCUT2D eigenvalue weighted by Crippen LogP contribution is 2.35. The summed E-state index contributed by atoms with van der Waals surface area (Å²) in [5.74, 6) is 2.63. The number of ether oxygens (including phenoxy) is 1. The van der Waals surface area contributed by atoms with Crippen LogP contribution in [-0.2, 0) is 0 Å². The van der Waals surface area contributed by atoms with E-state index in [2.05, 4.69) is 13.8 Å². The van der Waals surface area contributed by atoms with Crippen LogP contribution in [0.1, 0.15) is 26.7 Å². The largest absolute Gasteiger partial charge is 0.494 e. The van der Waals surface area contributed by atoms with Crippen molar-refractivity contribution in [2.75, 3.05) is 18.4 Å². The molecule has 0 bridgehead atoms. The zero-order valence-corrected chi connectivity index (χ0v) is 12.7. The van der Waals surface area contributed by atoms with Crippen molar-refractivity contribution in [3.05, 3.63) is 30.3 Å². The zero-order valence-electron chi connectivity index (χ0n) is 11.2. The number of hydrogen-bond donors (Lipinski definition) is 0. The van der Waals surface area contributed by atoms with Gasteiger partial charge in [0, 0.05) is 11.8 Å². The van der Waals surface area contributed by atoms with Crippen molar-refractivity contribution in [1.82, 2.24) is 0 Å². The minimum atomic E-state index is 0.0309. The van der Waals surface area contributed by atoms with E-state index in [9.17, 15) is 0 Å². The lowest BCUT2D eigenvalue weighted by molar-refractivity contribution is 0.207. The molecule has 0 spiro atoms. The van der Waals surface area contributed by atoms with Gasteiger partial charge < -0.3 is 4.74 Å². The first-order chi connectivity index (χ1) is 8.64. The molecule has 102 valence electrons. The van der Waals surface area contributed by atoms with Gasteiger partial charge in [-0.3, -0.25) is 0 Å². The van der Waals surface area contributed by atoms with Gasteiger partial charge in [-0.2, -0.15) is 0 Å². The van der Waals surface area contributed by atoms with Crippen LogP contribution in [0.5, 0.6) is 5.75 Å². The lowest BCUT2D eigenvalue weighted by Crippen LogP contribution is -2.32. The summed E-state index contributed by atoms with van der Waals surface area (Å²) < 4.78 is 5.68.